The Morgan fingerprint density at radius 2 is 1.57 bits per heavy atom. The van der Waals surface area contributed by atoms with Gasteiger partial charge in [-0.3, -0.25) is 0 Å². The standard InChI is InChI=1S/C19H25NO/c1-4-8-15(2)19(20-3)16-11-13-18(14-12-16)21-17-9-6-5-7-10-17/h5-7,9-15,19-20H,4,8H2,1-3H3. The number of benzene rings is 2. The average molecular weight is 283 g/mol. The lowest BCUT2D eigenvalue weighted by atomic mass is 9.91. The van der Waals surface area contributed by atoms with Crippen LogP contribution in [0.2, 0.25) is 0 Å². The van der Waals surface area contributed by atoms with Crippen molar-refractivity contribution < 1.29 is 4.74 Å². The first-order chi connectivity index (χ1) is 10.2. The molecule has 0 amide bonds. The molecule has 0 aliphatic heterocycles. The zero-order valence-corrected chi connectivity index (χ0v) is 13.2. The van der Waals surface area contributed by atoms with Crippen molar-refractivity contribution >= 4 is 0 Å². The molecule has 0 aromatic heterocycles. The van der Waals surface area contributed by atoms with Crippen LogP contribution in [0.5, 0.6) is 11.5 Å². The molecule has 21 heavy (non-hydrogen) atoms. The zero-order valence-electron chi connectivity index (χ0n) is 13.2. The first-order valence-corrected chi connectivity index (χ1v) is 7.74. The van der Waals surface area contributed by atoms with Crippen LogP contribution in [-0.4, -0.2) is 7.05 Å². The fraction of sp³-hybridized carbons (Fsp3) is 0.368. The second kappa shape index (κ2) is 7.84. The molecule has 112 valence electrons. The van der Waals surface area contributed by atoms with Crippen LogP contribution in [0.4, 0.5) is 0 Å². The number of hydrogen-bond donors (Lipinski definition) is 1. The van der Waals surface area contributed by atoms with E-state index < -0.39 is 0 Å². The Bertz CT molecular complexity index is 521. The van der Waals surface area contributed by atoms with Crippen molar-refractivity contribution in [1.29, 1.82) is 0 Å². The Balaban J connectivity index is 2.07. The minimum absolute atomic E-state index is 0.399. The third kappa shape index (κ3) is 4.33. The minimum atomic E-state index is 0.399. The predicted molar refractivity (Wildman–Crippen MR) is 88.8 cm³/mol. The molecule has 2 unspecified atom stereocenters. The molecule has 0 heterocycles. The van der Waals surface area contributed by atoms with Crippen molar-refractivity contribution in [2.45, 2.75) is 32.7 Å². The van der Waals surface area contributed by atoms with E-state index in [0.29, 0.717) is 12.0 Å². The van der Waals surface area contributed by atoms with Gasteiger partial charge in [0.15, 0.2) is 0 Å². The maximum Gasteiger partial charge on any atom is 0.127 e. The van der Waals surface area contributed by atoms with Crippen molar-refractivity contribution in [1.82, 2.24) is 5.32 Å². The van der Waals surface area contributed by atoms with E-state index in [1.807, 2.05) is 49.5 Å². The van der Waals surface area contributed by atoms with Crippen LogP contribution in [0.25, 0.3) is 0 Å². The molecule has 1 N–H and O–H groups in total. The van der Waals surface area contributed by atoms with Gasteiger partial charge in [0.2, 0.25) is 0 Å². The Morgan fingerprint density at radius 3 is 2.14 bits per heavy atom. The third-order valence-corrected chi connectivity index (χ3v) is 3.84. The van der Waals surface area contributed by atoms with Gasteiger partial charge in [0, 0.05) is 6.04 Å². The van der Waals surface area contributed by atoms with E-state index in [2.05, 4.69) is 31.3 Å². The molecule has 0 aliphatic rings. The molecule has 0 radical (unpaired) electrons. The quantitative estimate of drug-likeness (QED) is 0.756. The van der Waals surface area contributed by atoms with Crippen molar-refractivity contribution in [3.63, 3.8) is 0 Å². The molecule has 2 atom stereocenters. The summed E-state index contributed by atoms with van der Waals surface area (Å²) in [5.41, 5.74) is 1.32. The van der Waals surface area contributed by atoms with Crippen LogP contribution in [0.1, 0.15) is 38.3 Å². The molecule has 0 saturated heterocycles. The average Bonchev–Trinajstić information content (AvgIpc) is 2.51. The summed E-state index contributed by atoms with van der Waals surface area (Å²) >= 11 is 0. The van der Waals surface area contributed by atoms with Gasteiger partial charge in [-0.05, 0) is 49.2 Å². The summed E-state index contributed by atoms with van der Waals surface area (Å²) in [4.78, 5) is 0. The number of para-hydroxylation sites is 1. The Hall–Kier alpha value is -1.80. The summed E-state index contributed by atoms with van der Waals surface area (Å²) in [6, 6.07) is 18.7. The van der Waals surface area contributed by atoms with E-state index in [-0.39, 0.29) is 0 Å². The van der Waals surface area contributed by atoms with Crippen molar-refractivity contribution in [2.75, 3.05) is 7.05 Å². The van der Waals surface area contributed by atoms with Gasteiger partial charge in [0.05, 0.1) is 0 Å². The van der Waals surface area contributed by atoms with Crippen LogP contribution in [0.3, 0.4) is 0 Å². The minimum Gasteiger partial charge on any atom is -0.457 e. The number of rotatable bonds is 7. The molecule has 2 rings (SSSR count). The lowest BCUT2D eigenvalue weighted by Crippen LogP contribution is -2.23. The van der Waals surface area contributed by atoms with Gasteiger partial charge in [0.1, 0.15) is 11.5 Å². The summed E-state index contributed by atoms with van der Waals surface area (Å²) < 4.78 is 5.83. The molecule has 0 aliphatic carbocycles. The van der Waals surface area contributed by atoms with E-state index in [1.54, 1.807) is 0 Å². The summed E-state index contributed by atoms with van der Waals surface area (Å²) in [7, 11) is 2.03. The summed E-state index contributed by atoms with van der Waals surface area (Å²) in [5.74, 6) is 2.37. The van der Waals surface area contributed by atoms with E-state index in [4.69, 9.17) is 4.74 Å². The highest BCUT2D eigenvalue weighted by atomic mass is 16.5. The first kappa shape index (κ1) is 15.6. The van der Waals surface area contributed by atoms with Gasteiger partial charge in [-0.15, -0.1) is 0 Å². The zero-order chi connectivity index (χ0) is 15.1. The number of hydrogen-bond acceptors (Lipinski definition) is 2. The Labute approximate surface area is 128 Å². The molecule has 2 heteroatoms. The summed E-state index contributed by atoms with van der Waals surface area (Å²) in [6.07, 6.45) is 2.45. The smallest absolute Gasteiger partial charge is 0.127 e. The normalized spacial score (nSPS) is 13.7. The van der Waals surface area contributed by atoms with E-state index in [1.165, 1.54) is 18.4 Å². The first-order valence-electron chi connectivity index (χ1n) is 7.74. The van der Waals surface area contributed by atoms with Gasteiger partial charge < -0.3 is 10.1 Å². The largest absolute Gasteiger partial charge is 0.457 e. The van der Waals surface area contributed by atoms with Crippen molar-refractivity contribution in [3.8, 4) is 11.5 Å². The molecular weight excluding hydrogens is 258 g/mol. The maximum atomic E-state index is 5.83. The molecule has 0 fully saturated rings. The second-order valence-electron chi connectivity index (χ2n) is 5.52. The maximum absolute atomic E-state index is 5.83. The highest BCUT2D eigenvalue weighted by Crippen LogP contribution is 2.28. The second-order valence-corrected chi connectivity index (χ2v) is 5.52. The molecule has 0 bridgehead atoms. The van der Waals surface area contributed by atoms with Crippen LogP contribution in [0, 0.1) is 5.92 Å². The molecule has 2 aromatic carbocycles. The predicted octanol–water partition coefficient (Wildman–Crippen LogP) is 5.18. The van der Waals surface area contributed by atoms with E-state index in [9.17, 15) is 0 Å². The monoisotopic (exact) mass is 283 g/mol. The molecule has 2 nitrogen and oxygen atoms in total. The van der Waals surface area contributed by atoms with Crippen LogP contribution >= 0.6 is 0 Å². The fourth-order valence-electron chi connectivity index (χ4n) is 2.77. The molecule has 0 spiro atoms. The van der Waals surface area contributed by atoms with Gasteiger partial charge >= 0.3 is 0 Å². The lowest BCUT2D eigenvalue weighted by molar-refractivity contribution is 0.383. The van der Waals surface area contributed by atoms with Gasteiger partial charge in [-0.1, -0.05) is 50.6 Å². The SMILES string of the molecule is CCCC(C)C(NC)c1ccc(Oc2ccccc2)cc1. The van der Waals surface area contributed by atoms with Gasteiger partial charge in [-0.2, -0.15) is 0 Å². The third-order valence-electron chi connectivity index (χ3n) is 3.84. The Kier molecular flexibility index (Phi) is 5.82. The van der Waals surface area contributed by atoms with Crippen LogP contribution in [-0.2, 0) is 0 Å². The van der Waals surface area contributed by atoms with Crippen LogP contribution in [0.15, 0.2) is 54.6 Å². The summed E-state index contributed by atoms with van der Waals surface area (Å²) in [6.45, 7) is 4.54. The molecule has 0 saturated carbocycles. The van der Waals surface area contributed by atoms with E-state index in [0.717, 1.165) is 11.5 Å². The fourth-order valence-corrected chi connectivity index (χ4v) is 2.77. The van der Waals surface area contributed by atoms with Crippen LogP contribution < -0.4 is 10.1 Å². The van der Waals surface area contributed by atoms with E-state index >= 15 is 0 Å². The molecular formula is C19H25NO. The molecule has 2 aromatic rings. The summed E-state index contributed by atoms with van der Waals surface area (Å²) in [5, 5.41) is 3.43. The van der Waals surface area contributed by atoms with Gasteiger partial charge in [-0.25, -0.2) is 0 Å². The van der Waals surface area contributed by atoms with Crippen molar-refractivity contribution in [2.24, 2.45) is 5.92 Å². The Morgan fingerprint density at radius 1 is 0.952 bits per heavy atom. The van der Waals surface area contributed by atoms with Crippen molar-refractivity contribution in [3.05, 3.63) is 60.2 Å². The lowest BCUT2D eigenvalue weighted by Gasteiger charge is -2.24. The number of ether oxygens (including phenoxy) is 1. The highest BCUT2D eigenvalue weighted by Gasteiger charge is 2.16. The topological polar surface area (TPSA) is 21.3 Å². The number of nitrogens with one attached hydrogen (secondary N) is 1. The highest BCUT2D eigenvalue weighted by molar-refractivity contribution is 5.34. The van der Waals surface area contributed by atoms with Gasteiger partial charge in [0.25, 0.3) is 0 Å².